The predicted octanol–water partition coefficient (Wildman–Crippen LogP) is 8.41. The van der Waals surface area contributed by atoms with E-state index in [9.17, 15) is 13.6 Å². The van der Waals surface area contributed by atoms with Gasteiger partial charge in [0.2, 0.25) is 0 Å². The fourth-order valence-electron chi connectivity index (χ4n) is 6.05. The second kappa shape index (κ2) is 12.5. The summed E-state index contributed by atoms with van der Waals surface area (Å²) in [6.45, 7) is 0.635. The summed E-state index contributed by atoms with van der Waals surface area (Å²) in [5.41, 5.74) is 4.98. The molecule has 2 aliphatic heterocycles. The van der Waals surface area contributed by atoms with Crippen molar-refractivity contribution in [3.05, 3.63) is 104 Å². The molecule has 0 radical (unpaired) electrons. The number of carbonyl (C=O) groups excluding carboxylic acids is 1. The zero-order valence-electron chi connectivity index (χ0n) is 22.9. The van der Waals surface area contributed by atoms with Crippen molar-refractivity contribution in [1.29, 1.82) is 0 Å². The number of hydrogen-bond acceptors (Lipinski definition) is 3. The van der Waals surface area contributed by atoms with E-state index in [4.69, 9.17) is 39.5 Å². The summed E-state index contributed by atoms with van der Waals surface area (Å²) < 4.78 is 33.1. The zero-order valence-corrected chi connectivity index (χ0v) is 25.2. The van der Waals surface area contributed by atoms with E-state index in [1.165, 1.54) is 0 Å². The van der Waals surface area contributed by atoms with Crippen molar-refractivity contribution in [2.24, 2.45) is 0 Å². The molecule has 0 aromatic heterocycles. The minimum absolute atomic E-state index is 0.0363. The quantitative estimate of drug-likeness (QED) is 0.181. The summed E-state index contributed by atoms with van der Waals surface area (Å²) in [4.78, 5) is 16.2. The molecule has 2 atom stereocenters. The Bertz CT molecular complexity index is 1520. The molecule has 1 N–H and O–H groups in total. The third kappa shape index (κ3) is 6.19. The average Bonchev–Trinajstić information content (AvgIpc) is 3.77. The van der Waals surface area contributed by atoms with E-state index in [-0.39, 0.29) is 35.4 Å². The van der Waals surface area contributed by atoms with Crippen molar-refractivity contribution in [2.45, 2.75) is 69.6 Å². The van der Waals surface area contributed by atoms with Crippen molar-refractivity contribution in [1.82, 2.24) is 10.2 Å². The lowest BCUT2D eigenvalue weighted by Crippen LogP contribution is -2.44. The molecule has 1 aliphatic carbocycles. The molecule has 2 fully saturated rings. The molecule has 220 valence electrons. The van der Waals surface area contributed by atoms with E-state index in [0.29, 0.717) is 35.5 Å². The fraction of sp³-hybridized carbons (Fsp3) is 0.364. The number of ether oxygens (including phenoxy) is 1. The van der Waals surface area contributed by atoms with E-state index in [1.807, 2.05) is 17.0 Å². The van der Waals surface area contributed by atoms with Crippen LogP contribution in [0.25, 0.3) is 5.57 Å². The highest BCUT2D eigenvalue weighted by Crippen LogP contribution is 2.41. The Morgan fingerprint density at radius 1 is 0.929 bits per heavy atom. The van der Waals surface area contributed by atoms with E-state index in [0.717, 1.165) is 72.1 Å². The first kappa shape index (κ1) is 29.4. The van der Waals surface area contributed by atoms with Crippen LogP contribution in [0, 0.1) is 11.6 Å². The Labute approximate surface area is 259 Å². The summed E-state index contributed by atoms with van der Waals surface area (Å²) in [5.74, 6) is -1.58. The van der Waals surface area contributed by atoms with E-state index >= 15 is 0 Å². The van der Waals surface area contributed by atoms with Gasteiger partial charge in [0.15, 0.2) is 11.6 Å². The molecule has 2 bridgehead atoms. The highest BCUT2D eigenvalue weighted by Gasteiger charge is 2.42. The van der Waals surface area contributed by atoms with Gasteiger partial charge in [0.1, 0.15) is 10.8 Å². The molecule has 4 nitrogen and oxygen atoms in total. The van der Waals surface area contributed by atoms with Gasteiger partial charge in [0, 0.05) is 30.2 Å². The maximum Gasteiger partial charge on any atom is 0.252 e. The smallest absolute Gasteiger partial charge is 0.252 e. The standard InChI is InChI=1S/C33H31Cl3F2N2O2/c34-25-5-1-4-21(30(25)35)18-40(23-11-12-23)33(41)29-24(17-22-10-15-28(29)39-22)20-8-6-19(7-9-20)3-2-16-42-32-27(38)14-13-26(37)31(32)36/h1,4-9,13-14,22-23,28,39H,2-3,10-12,15-18H2/t22-,28+/m0/s1. The molecule has 3 aromatic carbocycles. The van der Waals surface area contributed by atoms with Gasteiger partial charge in [0.25, 0.3) is 5.91 Å². The molecule has 0 spiro atoms. The molecular formula is C33H31Cl3F2N2O2. The zero-order chi connectivity index (χ0) is 29.4. The first-order chi connectivity index (χ1) is 20.3. The van der Waals surface area contributed by atoms with Crippen LogP contribution in [0.5, 0.6) is 5.75 Å². The molecule has 1 amide bonds. The SMILES string of the molecule is O=C(C1=C(c2ccc(CCCOc3c(F)ccc(F)c3Cl)cc2)C[C@@H]2CC[C@H]1N2)N(Cc1cccc(Cl)c1Cl)C1CC1. The van der Waals surface area contributed by atoms with Crippen molar-refractivity contribution in [3.8, 4) is 5.75 Å². The van der Waals surface area contributed by atoms with Crippen LogP contribution in [0.3, 0.4) is 0 Å². The Morgan fingerprint density at radius 2 is 1.69 bits per heavy atom. The summed E-state index contributed by atoms with van der Waals surface area (Å²) in [5, 5.41) is 4.31. The lowest BCUT2D eigenvalue weighted by atomic mass is 9.88. The van der Waals surface area contributed by atoms with Crippen LogP contribution in [0.1, 0.15) is 55.2 Å². The number of rotatable bonds is 10. The highest BCUT2D eigenvalue weighted by atomic mass is 35.5. The van der Waals surface area contributed by atoms with Crippen LogP contribution in [-0.4, -0.2) is 35.5 Å². The van der Waals surface area contributed by atoms with Crippen molar-refractivity contribution in [3.63, 3.8) is 0 Å². The first-order valence-electron chi connectivity index (χ1n) is 14.4. The van der Waals surface area contributed by atoms with E-state index < -0.39 is 11.6 Å². The van der Waals surface area contributed by atoms with Gasteiger partial charge in [-0.1, -0.05) is 71.2 Å². The third-order valence-electron chi connectivity index (χ3n) is 8.38. The largest absolute Gasteiger partial charge is 0.489 e. The van der Waals surface area contributed by atoms with Gasteiger partial charge in [-0.05, 0) is 85.4 Å². The molecule has 6 rings (SSSR count). The number of nitrogens with one attached hydrogen (secondary N) is 1. The lowest BCUT2D eigenvalue weighted by molar-refractivity contribution is -0.128. The van der Waals surface area contributed by atoms with Crippen molar-refractivity contribution >= 4 is 46.3 Å². The fourth-order valence-corrected chi connectivity index (χ4v) is 6.64. The van der Waals surface area contributed by atoms with Gasteiger partial charge in [-0.3, -0.25) is 4.79 Å². The van der Waals surface area contributed by atoms with E-state index in [1.54, 1.807) is 6.07 Å². The van der Waals surface area contributed by atoms with Gasteiger partial charge in [0.05, 0.1) is 16.7 Å². The molecule has 3 aromatic rings. The first-order valence-corrected chi connectivity index (χ1v) is 15.5. The highest BCUT2D eigenvalue weighted by molar-refractivity contribution is 6.42. The molecule has 2 heterocycles. The molecule has 42 heavy (non-hydrogen) atoms. The Balaban J connectivity index is 1.18. The molecule has 1 saturated carbocycles. The Hall–Kier alpha value is -2.64. The second-order valence-corrected chi connectivity index (χ2v) is 12.5. The summed E-state index contributed by atoms with van der Waals surface area (Å²) >= 11 is 18.6. The number of hydrogen-bond donors (Lipinski definition) is 1. The van der Waals surface area contributed by atoms with Crippen LogP contribution in [0.15, 0.2) is 60.2 Å². The number of benzene rings is 3. The van der Waals surface area contributed by atoms with Gasteiger partial charge in [-0.25, -0.2) is 8.78 Å². The monoisotopic (exact) mass is 630 g/mol. The maximum absolute atomic E-state index is 14.3. The van der Waals surface area contributed by atoms with Crippen molar-refractivity contribution in [2.75, 3.05) is 6.61 Å². The number of amides is 1. The number of nitrogens with zero attached hydrogens (tertiary/aromatic N) is 1. The van der Waals surface area contributed by atoms with Crippen LogP contribution in [0.4, 0.5) is 8.78 Å². The summed E-state index contributed by atoms with van der Waals surface area (Å²) in [6.07, 6.45) is 6.08. The molecule has 3 aliphatic rings. The maximum atomic E-state index is 14.3. The van der Waals surface area contributed by atoms with Crippen LogP contribution >= 0.6 is 34.8 Å². The lowest BCUT2D eigenvalue weighted by Gasteiger charge is -2.32. The van der Waals surface area contributed by atoms with Crippen LogP contribution in [-0.2, 0) is 17.8 Å². The van der Waals surface area contributed by atoms with Crippen molar-refractivity contribution < 1.29 is 18.3 Å². The van der Waals surface area contributed by atoms with Gasteiger partial charge in [-0.2, -0.15) is 0 Å². The molecule has 0 unspecified atom stereocenters. The summed E-state index contributed by atoms with van der Waals surface area (Å²) in [6, 6.07) is 16.5. The number of fused-ring (bicyclic) bond motifs is 2. The Morgan fingerprint density at radius 3 is 2.45 bits per heavy atom. The number of halogens is 5. The van der Waals surface area contributed by atoms with Gasteiger partial charge >= 0.3 is 0 Å². The number of carbonyl (C=O) groups is 1. The van der Waals surface area contributed by atoms with Crippen LogP contribution < -0.4 is 10.1 Å². The minimum atomic E-state index is -0.712. The molecular weight excluding hydrogens is 601 g/mol. The third-order valence-corrected chi connectivity index (χ3v) is 9.59. The molecule has 9 heteroatoms. The van der Waals surface area contributed by atoms with Gasteiger partial charge in [-0.15, -0.1) is 0 Å². The molecule has 1 saturated heterocycles. The minimum Gasteiger partial charge on any atom is -0.489 e. The second-order valence-electron chi connectivity index (χ2n) is 11.3. The normalized spacial score (nSPS) is 19.7. The van der Waals surface area contributed by atoms with Gasteiger partial charge < -0.3 is 15.0 Å². The average molecular weight is 632 g/mol. The summed E-state index contributed by atoms with van der Waals surface area (Å²) in [7, 11) is 0. The Kier molecular flexibility index (Phi) is 8.78. The number of aryl methyl sites for hydroxylation is 1. The topological polar surface area (TPSA) is 41.6 Å². The van der Waals surface area contributed by atoms with E-state index in [2.05, 4.69) is 29.6 Å². The predicted molar refractivity (Wildman–Crippen MR) is 163 cm³/mol. The van der Waals surface area contributed by atoms with Crippen LogP contribution in [0.2, 0.25) is 15.1 Å².